The first-order valence-corrected chi connectivity index (χ1v) is 15.4. The topological polar surface area (TPSA) is 96.0 Å². The Morgan fingerprint density at radius 1 is 1.00 bits per heavy atom. The Hall–Kier alpha value is -1.44. The van der Waals surface area contributed by atoms with E-state index >= 15 is 0 Å². The first-order valence-electron chi connectivity index (χ1n) is 14.5. The molecule has 0 amide bonds. The standard InChI is InChI=1S/C30H45BrO7/c1-7-36-25(34)11-8-16(2)20-9-10-21-26-22(15-24(30(20,21)6)38-18(4)33)29(5)13-12-19(37-17(3)32)14-23(29)27(31)28(26)35/h16,19-24,26-27H,7-15H2,1-6H3/t16-,19+,20+,21+,22-,23-,24-,26+,27-,29+,30+/m0/s1. The summed E-state index contributed by atoms with van der Waals surface area (Å²) in [5.74, 6) is 0.235. The third-order valence-corrected chi connectivity index (χ3v) is 12.1. The smallest absolute Gasteiger partial charge is 0.305 e. The molecule has 4 saturated carbocycles. The number of esters is 3. The summed E-state index contributed by atoms with van der Waals surface area (Å²) < 4.78 is 16.9. The highest BCUT2D eigenvalue weighted by atomic mass is 79.9. The second-order valence-electron chi connectivity index (χ2n) is 12.9. The summed E-state index contributed by atoms with van der Waals surface area (Å²) in [6, 6.07) is 0. The van der Waals surface area contributed by atoms with Crippen molar-refractivity contribution in [2.24, 2.45) is 46.3 Å². The minimum absolute atomic E-state index is 0.0670. The van der Waals surface area contributed by atoms with E-state index in [2.05, 4.69) is 36.7 Å². The maximum atomic E-state index is 14.1. The van der Waals surface area contributed by atoms with Crippen LogP contribution in [0.15, 0.2) is 0 Å². The number of ether oxygens (including phenoxy) is 3. The molecule has 38 heavy (non-hydrogen) atoms. The van der Waals surface area contributed by atoms with Gasteiger partial charge in [0.15, 0.2) is 0 Å². The van der Waals surface area contributed by atoms with Crippen LogP contribution in [-0.4, -0.2) is 47.3 Å². The van der Waals surface area contributed by atoms with Gasteiger partial charge in [-0.3, -0.25) is 19.2 Å². The Morgan fingerprint density at radius 2 is 1.68 bits per heavy atom. The first-order chi connectivity index (χ1) is 17.8. The van der Waals surface area contributed by atoms with E-state index in [1.54, 1.807) is 0 Å². The highest BCUT2D eigenvalue weighted by molar-refractivity contribution is 9.10. The van der Waals surface area contributed by atoms with Gasteiger partial charge in [-0.05, 0) is 86.9 Å². The number of Topliss-reactive ketones (excluding diaryl/α,β-unsaturated/α-hetero) is 1. The fourth-order valence-electron chi connectivity index (χ4n) is 9.31. The van der Waals surface area contributed by atoms with Gasteiger partial charge in [-0.15, -0.1) is 0 Å². The van der Waals surface area contributed by atoms with Gasteiger partial charge >= 0.3 is 17.9 Å². The van der Waals surface area contributed by atoms with Crippen molar-refractivity contribution in [2.75, 3.05) is 6.61 Å². The summed E-state index contributed by atoms with van der Waals surface area (Å²) in [4.78, 5) is 50.0. The van der Waals surface area contributed by atoms with Crippen molar-refractivity contribution in [1.82, 2.24) is 0 Å². The van der Waals surface area contributed by atoms with E-state index < -0.39 is 0 Å². The quantitative estimate of drug-likeness (QED) is 0.213. The van der Waals surface area contributed by atoms with Crippen LogP contribution in [-0.2, 0) is 33.4 Å². The maximum Gasteiger partial charge on any atom is 0.305 e. The molecule has 0 spiro atoms. The van der Waals surface area contributed by atoms with Gasteiger partial charge in [-0.25, -0.2) is 0 Å². The molecule has 7 nitrogen and oxygen atoms in total. The number of carbonyl (C=O) groups is 4. The van der Waals surface area contributed by atoms with Gasteiger partial charge < -0.3 is 14.2 Å². The second-order valence-corrected chi connectivity index (χ2v) is 13.9. The predicted octanol–water partition coefficient (Wildman–Crippen LogP) is 5.65. The lowest BCUT2D eigenvalue weighted by Gasteiger charge is -2.63. The van der Waals surface area contributed by atoms with Gasteiger partial charge in [0.05, 0.1) is 11.4 Å². The van der Waals surface area contributed by atoms with Crippen molar-refractivity contribution in [3.05, 3.63) is 0 Å². The SMILES string of the molecule is CCOC(=O)CC[C@H](C)[C@H]1CC[C@@H]2[C@H]3C(=O)[C@@H](Br)[C@@H]4C[C@H](OC(C)=O)CC[C@]4(C)[C@H]3C[C@H](OC(C)=O)[C@@]21C. The summed E-state index contributed by atoms with van der Waals surface area (Å²) in [6.45, 7) is 11.9. The molecule has 0 unspecified atom stereocenters. The van der Waals surface area contributed by atoms with E-state index in [0.29, 0.717) is 25.9 Å². The number of halogens is 1. The number of carbonyl (C=O) groups excluding carboxylic acids is 4. The van der Waals surface area contributed by atoms with E-state index in [1.165, 1.54) is 13.8 Å². The second kappa shape index (κ2) is 11.2. The van der Waals surface area contributed by atoms with E-state index in [4.69, 9.17) is 14.2 Å². The summed E-state index contributed by atoms with van der Waals surface area (Å²) >= 11 is 3.83. The molecule has 4 aliphatic carbocycles. The van der Waals surface area contributed by atoms with E-state index in [0.717, 1.165) is 32.1 Å². The molecule has 0 saturated heterocycles. The highest BCUT2D eigenvalue weighted by Crippen LogP contribution is 2.68. The van der Waals surface area contributed by atoms with Crippen molar-refractivity contribution in [3.63, 3.8) is 0 Å². The average Bonchev–Trinajstić information content (AvgIpc) is 3.20. The zero-order valence-electron chi connectivity index (χ0n) is 23.8. The van der Waals surface area contributed by atoms with Crippen LogP contribution >= 0.6 is 15.9 Å². The summed E-state index contributed by atoms with van der Waals surface area (Å²) in [6.07, 6.45) is 5.56. The first kappa shape index (κ1) is 29.5. The van der Waals surface area contributed by atoms with Gasteiger partial charge in [0.25, 0.3) is 0 Å². The number of ketones is 1. The molecule has 0 aliphatic heterocycles. The molecule has 4 aliphatic rings. The summed E-state index contributed by atoms with van der Waals surface area (Å²) in [7, 11) is 0. The third-order valence-electron chi connectivity index (χ3n) is 11.0. The number of alkyl halides is 1. The minimum Gasteiger partial charge on any atom is -0.466 e. The Kier molecular flexibility index (Phi) is 8.71. The fourth-order valence-corrected chi connectivity index (χ4v) is 10.4. The van der Waals surface area contributed by atoms with Crippen molar-refractivity contribution in [1.29, 1.82) is 0 Å². The molecule has 0 radical (unpaired) electrons. The van der Waals surface area contributed by atoms with Crippen LogP contribution < -0.4 is 0 Å². The molecule has 0 aromatic heterocycles. The molecule has 8 heteroatoms. The fraction of sp³-hybridized carbons (Fsp3) is 0.867. The molecule has 4 fully saturated rings. The van der Waals surface area contributed by atoms with Crippen LogP contribution in [0.4, 0.5) is 0 Å². The molecule has 0 aromatic carbocycles. The predicted molar refractivity (Wildman–Crippen MR) is 145 cm³/mol. The van der Waals surface area contributed by atoms with Gasteiger partial charge in [-0.2, -0.15) is 0 Å². The minimum atomic E-state index is -0.332. The lowest BCUT2D eigenvalue weighted by atomic mass is 9.43. The molecule has 0 N–H and O–H groups in total. The normalized spacial score (nSPS) is 42.8. The number of hydrogen-bond donors (Lipinski definition) is 0. The molecule has 11 atom stereocenters. The summed E-state index contributed by atoms with van der Waals surface area (Å²) in [5.41, 5.74) is -0.446. The Morgan fingerprint density at radius 3 is 2.32 bits per heavy atom. The van der Waals surface area contributed by atoms with Crippen molar-refractivity contribution >= 4 is 39.6 Å². The van der Waals surface area contributed by atoms with Crippen molar-refractivity contribution in [2.45, 2.75) is 110 Å². The monoisotopic (exact) mass is 596 g/mol. The van der Waals surface area contributed by atoms with Gasteiger partial charge in [0, 0.05) is 31.6 Å². The lowest BCUT2D eigenvalue weighted by Crippen LogP contribution is -2.64. The molecular formula is C30H45BrO7. The molecule has 214 valence electrons. The van der Waals surface area contributed by atoms with Gasteiger partial charge in [0.2, 0.25) is 0 Å². The van der Waals surface area contributed by atoms with Gasteiger partial charge in [-0.1, -0.05) is 36.7 Å². The zero-order valence-corrected chi connectivity index (χ0v) is 25.4. The van der Waals surface area contributed by atoms with Crippen LogP contribution in [0.1, 0.15) is 92.9 Å². The van der Waals surface area contributed by atoms with Crippen LogP contribution in [0.3, 0.4) is 0 Å². The Bertz CT molecular complexity index is 951. The largest absolute Gasteiger partial charge is 0.466 e. The van der Waals surface area contributed by atoms with Gasteiger partial charge in [0.1, 0.15) is 18.0 Å². The van der Waals surface area contributed by atoms with Crippen LogP contribution in [0.2, 0.25) is 0 Å². The molecule has 4 rings (SSSR count). The Balaban J connectivity index is 1.64. The Labute approximate surface area is 235 Å². The van der Waals surface area contributed by atoms with Crippen molar-refractivity contribution in [3.8, 4) is 0 Å². The van der Waals surface area contributed by atoms with Crippen LogP contribution in [0.5, 0.6) is 0 Å². The summed E-state index contributed by atoms with van der Waals surface area (Å²) in [5, 5.41) is 0. The molecule has 0 aromatic rings. The van der Waals surface area contributed by atoms with E-state index in [9.17, 15) is 19.2 Å². The highest BCUT2D eigenvalue weighted by Gasteiger charge is 2.68. The maximum absolute atomic E-state index is 14.1. The average molecular weight is 598 g/mol. The number of hydrogen-bond acceptors (Lipinski definition) is 7. The molecule has 0 heterocycles. The molecule has 0 bridgehead atoms. The number of rotatable bonds is 7. The van der Waals surface area contributed by atoms with Crippen LogP contribution in [0.25, 0.3) is 0 Å². The lowest BCUT2D eigenvalue weighted by molar-refractivity contribution is -0.196. The van der Waals surface area contributed by atoms with Crippen LogP contribution in [0, 0.1) is 46.3 Å². The van der Waals surface area contributed by atoms with Crippen molar-refractivity contribution < 1.29 is 33.4 Å². The van der Waals surface area contributed by atoms with E-state index in [1.807, 2.05) is 6.92 Å². The third kappa shape index (κ3) is 5.08. The zero-order chi connectivity index (χ0) is 28.0. The molecular weight excluding hydrogens is 552 g/mol. The van der Waals surface area contributed by atoms with E-state index in [-0.39, 0.29) is 87.1 Å². The number of fused-ring (bicyclic) bond motifs is 5.